The fourth-order valence-electron chi connectivity index (χ4n) is 1.93. The fraction of sp³-hybridized carbons (Fsp3) is 0.333. The zero-order valence-corrected chi connectivity index (χ0v) is 13.4. The van der Waals surface area contributed by atoms with Crippen LogP contribution in [0.1, 0.15) is 40.2 Å². The van der Waals surface area contributed by atoms with Crippen LogP contribution >= 0.6 is 0 Å². The van der Waals surface area contributed by atoms with E-state index in [9.17, 15) is 0 Å². The normalized spacial score (nSPS) is 11.9. The Morgan fingerprint density at radius 3 is 2.00 bits per heavy atom. The number of nitrogens with two attached hydrogens (primary N) is 2. The summed E-state index contributed by atoms with van der Waals surface area (Å²) < 4.78 is 0. The Morgan fingerprint density at radius 1 is 1.10 bits per heavy atom. The third kappa shape index (κ3) is 4.96. The van der Waals surface area contributed by atoms with E-state index in [0.717, 1.165) is 5.69 Å². The zero-order valence-electron chi connectivity index (χ0n) is 13.4. The van der Waals surface area contributed by atoms with Crippen LogP contribution in [0, 0.1) is 0 Å². The zero-order chi connectivity index (χ0) is 15.8. The average molecular weight is 272 g/mol. The molecule has 0 bridgehead atoms. The van der Waals surface area contributed by atoms with E-state index in [0.29, 0.717) is 5.70 Å². The Kier molecular flexibility index (Phi) is 7.45. The molecule has 0 radical (unpaired) electrons. The van der Waals surface area contributed by atoms with Gasteiger partial charge in [-0.3, -0.25) is 0 Å². The second kappa shape index (κ2) is 8.26. The maximum Gasteiger partial charge on any atom is 0.0314 e. The van der Waals surface area contributed by atoms with Crippen molar-refractivity contribution in [3.8, 4) is 0 Å². The Bertz CT molecular complexity index is 477. The van der Waals surface area contributed by atoms with E-state index in [1.165, 1.54) is 11.1 Å². The Hall–Kier alpha value is -1.96. The van der Waals surface area contributed by atoms with Crippen molar-refractivity contribution in [2.75, 3.05) is 5.73 Å². The second-order valence-corrected chi connectivity index (χ2v) is 4.90. The minimum absolute atomic E-state index is 0.0889. The van der Waals surface area contributed by atoms with Crippen LogP contribution in [0.15, 0.2) is 60.3 Å². The summed E-state index contributed by atoms with van der Waals surface area (Å²) in [5.74, 6) is 0. The molecule has 0 atom stereocenters. The molecule has 20 heavy (non-hydrogen) atoms. The molecule has 2 heteroatoms. The molecule has 1 aromatic rings. The van der Waals surface area contributed by atoms with Gasteiger partial charge in [-0.05, 0) is 36.3 Å². The molecule has 0 aromatic heterocycles. The van der Waals surface area contributed by atoms with Crippen LogP contribution < -0.4 is 11.5 Å². The molecule has 0 fully saturated rings. The Morgan fingerprint density at radius 2 is 1.60 bits per heavy atom. The summed E-state index contributed by atoms with van der Waals surface area (Å²) >= 11 is 0. The summed E-state index contributed by atoms with van der Waals surface area (Å²) in [6.45, 7) is 14.1. The third-order valence-electron chi connectivity index (χ3n) is 3.14. The number of hydrogen-bond donors (Lipinski definition) is 2. The first-order chi connectivity index (χ1) is 9.37. The quantitative estimate of drug-likeness (QED) is 0.624. The molecule has 2 nitrogen and oxygen atoms in total. The van der Waals surface area contributed by atoms with Crippen molar-refractivity contribution in [3.05, 3.63) is 65.9 Å². The van der Waals surface area contributed by atoms with Crippen LogP contribution in [0.25, 0.3) is 0 Å². The summed E-state index contributed by atoms with van der Waals surface area (Å²) in [4.78, 5) is 0. The van der Waals surface area contributed by atoms with Crippen molar-refractivity contribution >= 4 is 5.69 Å². The van der Waals surface area contributed by atoms with Crippen LogP contribution in [-0.2, 0) is 5.41 Å². The van der Waals surface area contributed by atoms with E-state index in [2.05, 4.69) is 38.6 Å². The van der Waals surface area contributed by atoms with Gasteiger partial charge in [0.15, 0.2) is 0 Å². The number of hydrogen-bond acceptors (Lipinski definition) is 2. The van der Waals surface area contributed by atoms with Crippen LogP contribution in [0.5, 0.6) is 0 Å². The topological polar surface area (TPSA) is 52.0 Å². The lowest BCUT2D eigenvalue weighted by Gasteiger charge is -2.27. The molecule has 110 valence electrons. The van der Waals surface area contributed by atoms with E-state index in [4.69, 9.17) is 11.5 Å². The van der Waals surface area contributed by atoms with Gasteiger partial charge in [0, 0.05) is 16.8 Å². The molecule has 4 N–H and O–H groups in total. The van der Waals surface area contributed by atoms with Crippen molar-refractivity contribution in [3.63, 3.8) is 0 Å². The molecule has 0 aliphatic heterocycles. The van der Waals surface area contributed by atoms with Gasteiger partial charge >= 0.3 is 0 Å². The smallest absolute Gasteiger partial charge is 0.0314 e. The first-order valence-corrected chi connectivity index (χ1v) is 7.03. The van der Waals surface area contributed by atoms with Crippen molar-refractivity contribution in [1.82, 2.24) is 0 Å². The Balaban J connectivity index is 0.00000172. The molecule has 0 amide bonds. The lowest BCUT2D eigenvalue weighted by Crippen LogP contribution is -2.19. The van der Waals surface area contributed by atoms with Crippen LogP contribution in [0.3, 0.4) is 0 Å². The van der Waals surface area contributed by atoms with Crippen molar-refractivity contribution in [2.45, 2.75) is 40.0 Å². The van der Waals surface area contributed by atoms with Gasteiger partial charge in [0.05, 0.1) is 0 Å². The Labute approximate surface area is 123 Å². The third-order valence-corrected chi connectivity index (χ3v) is 3.14. The van der Waals surface area contributed by atoms with Gasteiger partial charge in [-0.1, -0.05) is 58.6 Å². The molecule has 0 aliphatic carbocycles. The molecule has 1 aromatic carbocycles. The fourth-order valence-corrected chi connectivity index (χ4v) is 1.93. The highest BCUT2D eigenvalue weighted by atomic mass is 14.5. The van der Waals surface area contributed by atoms with Crippen LogP contribution in [-0.4, -0.2) is 0 Å². The lowest BCUT2D eigenvalue weighted by molar-refractivity contribution is 0.638. The highest BCUT2D eigenvalue weighted by Gasteiger charge is 2.23. The van der Waals surface area contributed by atoms with Gasteiger partial charge in [-0.15, -0.1) is 0 Å². The predicted octanol–water partition coefficient (Wildman–Crippen LogP) is 4.55. The number of benzene rings is 1. The number of nitrogen functional groups attached to an aromatic ring is 1. The van der Waals surface area contributed by atoms with Crippen molar-refractivity contribution in [1.29, 1.82) is 0 Å². The highest BCUT2D eigenvalue weighted by Crippen LogP contribution is 2.32. The monoisotopic (exact) mass is 272 g/mol. The SMILES string of the molecule is C=C(N)/C=C\C(=C/C)C(C)(C)c1ccc(N)cc1.CC. The van der Waals surface area contributed by atoms with E-state index in [-0.39, 0.29) is 5.41 Å². The molecule has 0 spiro atoms. The minimum atomic E-state index is -0.0889. The number of anilines is 1. The maximum absolute atomic E-state index is 5.72. The molecule has 0 heterocycles. The van der Waals surface area contributed by atoms with Gasteiger partial charge in [-0.25, -0.2) is 0 Å². The lowest BCUT2D eigenvalue weighted by atomic mass is 9.77. The molecular weight excluding hydrogens is 244 g/mol. The molecule has 0 unspecified atom stereocenters. The van der Waals surface area contributed by atoms with E-state index >= 15 is 0 Å². The summed E-state index contributed by atoms with van der Waals surface area (Å²) in [6.07, 6.45) is 5.93. The standard InChI is InChI=1S/C16H22N2.C2H6/c1-5-13(7-6-12(2)17)16(3,4)14-8-10-15(18)11-9-14;1-2/h5-11H,2,17-18H2,1,3-4H3;1-2H3/b7-6-,13-5+;. The van der Waals surface area contributed by atoms with E-state index in [1.807, 2.05) is 45.1 Å². The summed E-state index contributed by atoms with van der Waals surface area (Å²) in [5, 5.41) is 0. The molecule has 0 saturated carbocycles. The van der Waals surface area contributed by atoms with Crippen molar-refractivity contribution < 1.29 is 0 Å². The average Bonchev–Trinajstić information content (AvgIpc) is 2.41. The highest BCUT2D eigenvalue weighted by molar-refractivity contribution is 5.46. The predicted molar refractivity (Wildman–Crippen MR) is 91.5 cm³/mol. The molecular formula is C18H28N2. The van der Waals surface area contributed by atoms with Gasteiger partial charge < -0.3 is 11.5 Å². The molecule has 1 rings (SSSR count). The van der Waals surface area contributed by atoms with Gasteiger partial charge in [0.2, 0.25) is 0 Å². The summed E-state index contributed by atoms with van der Waals surface area (Å²) in [6, 6.07) is 7.97. The van der Waals surface area contributed by atoms with Crippen LogP contribution in [0.4, 0.5) is 5.69 Å². The molecule has 0 aliphatic rings. The van der Waals surface area contributed by atoms with Crippen LogP contribution in [0.2, 0.25) is 0 Å². The van der Waals surface area contributed by atoms with Crippen molar-refractivity contribution in [2.24, 2.45) is 5.73 Å². The first kappa shape index (κ1) is 18.0. The largest absolute Gasteiger partial charge is 0.399 e. The summed E-state index contributed by atoms with van der Waals surface area (Å²) in [5.41, 5.74) is 15.0. The maximum atomic E-state index is 5.72. The number of allylic oxidation sites excluding steroid dienone is 4. The van der Waals surface area contributed by atoms with E-state index < -0.39 is 0 Å². The number of rotatable bonds is 4. The van der Waals surface area contributed by atoms with Gasteiger partial charge in [-0.2, -0.15) is 0 Å². The van der Waals surface area contributed by atoms with Gasteiger partial charge in [0.25, 0.3) is 0 Å². The van der Waals surface area contributed by atoms with Gasteiger partial charge in [0.1, 0.15) is 0 Å². The molecule has 0 saturated heterocycles. The first-order valence-electron chi connectivity index (χ1n) is 7.03. The summed E-state index contributed by atoms with van der Waals surface area (Å²) in [7, 11) is 0. The van der Waals surface area contributed by atoms with E-state index in [1.54, 1.807) is 0 Å². The second-order valence-electron chi connectivity index (χ2n) is 4.90. The minimum Gasteiger partial charge on any atom is -0.399 e.